The van der Waals surface area contributed by atoms with Crippen molar-refractivity contribution in [1.82, 2.24) is 20.4 Å². The van der Waals surface area contributed by atoms with Crippen LogP contribution in [0, 0.1) is 0 Å². The molecule has 7 heteroatoms. The molecule has 1 fully saturated rings. The van der Waals surface area contributed by atoms with E-state index in [0.29, 0.717) is 12.3 Å². The lowest BCUT2D eigenvalue weighted by Gasteiger charge is -2.30. The fraction of sp³-hybridized carbons (Fsp3) is 0.467. The monoisotopic (exact) mass is 366 g/mol. The Bertz CT molecular complexity index is 646. The maximum atomic E-state index is 5.42. The van der Waals surface area contributed by atoms with Crippen LogP contribution in [0.5, 0.6) is 5.75 Å². The van der Waals surface area contributed by atoms with Crippen LogP contribution in [0.2, 0.25) is 0 Å². The van der Waals surface area contributed by atoms with E-state index >= 15 is 0 Å². The summed E-state index contributed by atoms with van der Waals surface area (Å²) in [6, 6.07) is 6.05. The van der Waals surface area contributed by atoms with Gasteiger partial charge in [-0.25, -0.2) is 0 Å². The zero-order valence-electron chi connectivity index (χ0n) is 12.7. The third-order valence-corrected chi connectivity index (χ3v) is 4.37. The summed E-state index contributed by atoms with van der Waals surface area (Å²) in [6.45, 7) is 2.82. The van der Waals surface area contributed by atoms with Crippen molar-refractivity contribution in [3.8, 4) is 5.75 Å². The summed E-state index contributed by atoms with van der Waals surface area (Å²) in [7, 11) is 3.74. The summed E-state index contributed by atoms with van der Waals surface area (Å²) in [6.07, 6.45) is 0.555. The topological polar surface area (TPSA) is 63.4 Å². The summed E-state index contributed by atoms with van der Waals surface area (Å²) < 4.78 is 11.8. The van der Waals surface area contributed by atoms with Crippen molar-refractivity contribution in [2.24, 2.45) is 0 Å². The molecule has 6 nitrogen and oxygen atoms in total. The number of nitrogens with one attached hydrogen (secondary N) is 1. The smallest absolute Gasteiger partial charge is 0.231 e. The lowest BCUT2D eigenvalue weighted by atomic mass is 10.1. The van der Waals surface area contributed by atoms with E-state index in [1.54, 1.807) is 7.11 Å². The second-order valence-electron chi connectivity index (χ2n) is 5.38. The number of nitrogens with zero attached hydrogens (tertiary/aromatic N) is 3. The number of likely N-dealkylation sites (N-methyl/N-ethyl adjacent to an activating group) is 1. The first-order chi connectivity index (χ1) is 10.7. The van der Waals surface area contributed by atoms with E-state index in [1.807, 2.05) is 18.2 Å². The maximum Gasteiger partial charge on any atom is 0.231 e. The summed E-state index contributed by atoms with van der Waals surface area (Å²) in [5, 5.41) is 7.50. The molecule has 0 aliphatic carbocycles. The first-order valence-electron chi connectivity index (χ1n) is 7.23. The molecule has 1 aliphatic heterocycles. The van der Waals surface area contributed by atoms with Gasteiger partial charge in [-0.3, -0.25) is 4.90 Å². The van der Waals surface area contributed by atoms with Gasteiger partial charge in [0.1, 0.15) is 5.75 Å². The maximum absolute atomic E-state index is 5.42. The number of aromatic nitrogens is 2. The number of halogens is 1. The Morgan fingerprint density at radius 2 is 2.36 bits per heavy atom. The Morgan fingerprint density at radius 3 is 3.14 bits per heavy atom. The molecule has 0 radical (unpaired) electrons. The highest BCUT2D eigenvalue weighted by Gasteiger charge is 2.25. The van der Waals surface area contributed by atoms with Crippen LogP contribution in [0.1, 0.15) is 23.3 Å². The Morgan fingerprint density at radius 1 is 1.50 bits per heavy atom. The van der Waals surface area contributed by atoms with Crippen molar-refractivity contribution >= 4 is 15.9 Å². The molecular weight excluding hydrogens is 348 g/mol. The molecule has 0 saturated carbocycles. The van der Waals surface area contributed by atoms with Crippen molar-refractivity contribution in [1.29, 1.82) is 0 Å². The molecule has 1 unspecified atom stereocenters. The predicted molar refractivity (Wildman–Crippen MR) is 86.0 cm³/mol. The highest BCUT2D eigenvalue weighted by molar-refractivity contribution is 9.10. The van der Waals surface area contributed by atoms with Gasteiger partial charge in [-0.1, -0.05) is 21.1 Å². The normalized spacial score (nSPS) is 19.3. The molecule has 1 aromatic heterocycles. The minimum Gasteiger partial charge on any atom is -0.496 e. The molecule has 2 heterocycles. The average molecular weight is 367 g/mol. The number of methoxy groups -OCH3 is 1. The van der Waals surface area contributed by atoms with Crippen molar-refractivity contribution < 1.29 is 9.26 Å². The van der Waals surface area contributed by atoms with Crippen LogP contribution >= 0.6 is 15.9 Å². The zero-order valence-corrected chi connectivity index (χ0v) is 14.3. The third-order valence-electron chi connectivity index (χ3n) is 3.88. The lowest BCUT2D eigenvalue weighted by molar-refractivity contribution is 0.190. The van der Waals surface area contributed by atoms with E-state index in [1.165, 1.54) is 0 Å². The average Bonchev–Trinajstić information content (AvgIpc) is 2.96. The zero-order chi connectivity index (χ0) is 15.5. The minimum absolute atomic E-state index is 0.163. The van der Waals surface area contributed by atoms with Gasteiger partial charge in [-0.2, -0.15) is 4.98 Å². The Kier molecular flexibility index (Phi) is 4.75. The number of benzene rings is 1. The van der Waals surface area contributed by atoms with Gasteiger partial charge >= 0.3 is 0 Å². The first-order valence-corrected chi connectivity index (χ1v) is 8.02. The van der Waals surface area contributed by atoms with Crippen LogP contribution < -0.4 is 10.1 Å². The number of hydrogen-bond acceptors (Lipinski definition) is 6. The fourth-order valence-electron chi connectivity index (χ4n) is 2.62. The largest absolute Gasteiger partial charge is 0.496 e. The van der Waals surface area contributed by atoms with Crippen molar-refractivity contribution in [3.05, 3.63) is 40.0 Å². The van der Waals surface area contributed by atoms with Gasteiger partial charge in [0, 0.05) is 29.7 Å². The van der Waals surface area contributed by atoms with E-state index in [0.717, 1.165) is 41.2 Å². The Balaban J connectivity index is 1.78. The van der Waals surface area contributed by atoms with Gasteiger partial charge < -0.3 is 14.6 Å². The molecule has 0 amide bonds. The number of piperazine rings is 1. The number of hydrogen-bond donors (Lipinski definition) is 1. The molecule has 1 atom stereocenters. The van der Waals surface area contributed by atoms with Crippen LogP contribution in [0.15, 0.2) is 27.2 Å². The van der Waals surface area contributed by atoms with Crippen LogP contribution in [0.4, 0.5) is 0 Å². The Labute approximate surface area is 138 Å². The van der Waals surface area contributed by atoms with E-state index in [2.05, 4.69) is 43.3 Å². The molecule has 0 bridgehead atoms. The summed E-state index contributed by atoms with van der Waals surface area (Å²) in [4.78, 5) is 6.80. The fourth-order valence-corrected chi connectivity index (χ4v) is 3.03. The molecule has 2 aromatic rings. The molecule has 1 saturated heterocycles. The van der Waals surface area contributed by atoms with E-state index in [9.17, 15) is 0 Å². The molecule has 118 valence electrons. The van der Waals surface area contributed by atoms with Crippen molar-refractivity contribution in [3.63, 3.8) is 0 Å². The van der Waals surface area contributed by atoms with Gasteiger partial charge in [-0.05, 0) is 25.2 Å². The first kappa shape index (κ1) is 15.5. The highest BCUT2D eigenvalue weighted by atomic mass is 79.9. The second-order valence-corrected chi connectivity index (χ2v) is 6.30. The van der Waals surface area contributed by atoms with Gasteiger partial charge in [-0.15, -0.1) is 0 Å². The van der Waals surface area contributed by atoms with Crippen molar-refractivity contribution in [2.75, 3.05) is 33.8 Å². The van der Waals surface area contributed by atoms with Crippen LogP contribution in [0.3, 0.4) is 0 Å². The quantitative estimate of drug-likeness (QED) is 0.892. The van der Waals surface area contributed by atoms with Gasteiger partial charge in [0.2, 0.25) is 5.89 Å². The second kappa shape index (κ2) is 6.76. The minimum atomic E-state index is 0.163. The predicted octanol–water partition coefficient (Wildman–Crippen LogP) is 2.01. The molecule has 3 rings (SSSR count). The number of ether oxygens (including phenoxy) is 1. The van der Waals surface area contributed by atoms with Gasteiger partial charge in [0.15, 0.2) is 5.82 Å². The molecule has 0 spiro atoms. The van der Waals surface area contributed by atoms with E-state index in [4.69, 9.17) is 9.26 Å². The summed E-state index contributed by atoms with van der Waals surface area (Å²) >= 11 is 3.48. The van der Waals surface area contributed by atoms with Crippen LogP contribution in [-0.4, -0.2) is 48.8 Å². The molecule has 22 heavy (non-hydrogen) atoms. The van der Waals surface area contributed by atoms with E-state index in [-0.39, 0.29) is 6.04 Å². The van der Waals surface area contributed by atoms with Crippen molar-refractivity contribution in [2.45, 2.75) is 12.5 Å². The highest BCUT2D eigenvalue weighted by Crippen LogP contribution is 2.26. The summed E-state index contributed by atoms with van der Waals surface area (Å²) in [5.41, 5.74) is 1.02. The Hall–Kier alpha value is -1.44. The van der Waals surface area contributed by atoms with Gasteiger partial charge in [0.05, 0.1) is 19.6 Å². The SMILES string of the molecule is COc1ccc(Br)cc1Cc1nc(C2CNCCN2C)no1. The van der Waals surface area contributed by atoms with E-state index < -0.39 is 0 Å². The number of rotatable bonds is 4. The van der Waals surface area contributed by atoms with Crippen LogP contribution in [0.25, 0.3) is 0 Å². The third kappa shape index (κ3) is 3.31. The lowest BCUT2D eigenvalue weighted by Crippen LogP contribution is -2.44. The van der Waals surface area contributed by atoms with Crippen LogP contribution in [-0.2, 0) is 6.42 Å². The standard InChI is InChI=1S/C15H19BrN4O2/c1-20-6-5-17-9-12(20)15-18-14(22-19-15)8-10-7-11(16)3-4-13(10)21-2/h3-4,7,12,17H,5-6,8-9H2,1-2H3. The molecule has 1 aliphatic rings. The van der Waals surface area contributed by atoms with Gasteiger partial charge in [0.25, 0.3) is 0 Å². The molecule has 1 N–H and O–H groups in total. The summed E-state index contributed by atoms with van der Waals surface area (Å²) in [5.74, 6) is 2.16. The molecule has 1 aromatic carbocycles. The molecular formula is C15H19BrN4O2.